The lowest BCUT2D eigenvalue weighted by molar-refractivity contribution is 0.0744. The van der Waals surface area contributed by atoms with Crippen LogP contribution in [0.4, 0.5) is 4.39 Å². The standard InChI is InChI=1S/C26H33FN4O3/c1-15-12-23(34-5)20(25(32)29-15)13-28-26(33)24-17(3)31(22-9-7-6-8-19(22)24)16(2)18-10-11-30(4)14-21(18)27/h6-9,12,16,18,21H,10-11,13-14H2,1-5H3,(H,28,33)(H,29,32). The average molecular weight is 469 g/mol. The molecule has 0 radical (unpaired) electrons. The Bertz CT molecular complexity index is 1260. The molecule has 3 unspecified atom stereocenters. The van der Waals surface area contributed by atoms with E-state index in [1.165, 1.54) is 7.11 Å². The predicted molar refractivity (Wildman–Crippen MR) is 131 cm³/mol. The zero-order chi connectivity index (χ0) is 24.6. The normalized spacial score (nSPS) is 19.8. The van der Waals surface area contributed by atoms with Crippen molar-refractivity contribution in [1.82, 2.24) is 19.8 Å². The smallest absolute Gasteiger partial charge is 0.256 e. The first kappa shape index (κ1) is 24.0. The molecular weight excluding hydrogens is 435 g/mol. The van der Waals surface area contributed by atoms with Gasteiger partial charge in [-0.1, -0.05) is 18.2 Å². The van der Waals surface area contributed by atoms with E-state index in [1.807, 2.05) is 50.1 Å². The number of methoxy groups -OCH3 is 1. The first-order valence-corrected chi connectivity index (χ1v) is 11.7. The quantitative estimate of drug-likeness (QED) is 0.578. The molecule has 3 heterocycles. The fourth-order valence-electron chi connectivity index (χ4n) is 5.31. The van der Waals surface area contributed by atoms with Crippen LogP contribution in [0.15, 0.2) is 35.1 Å². The number of likely N-dealkylation sites (tertiary alicyclic amines) is 1. The number of para-hydroxylation sites is 1. The van der Waals surface area contributed by atoms with Crippen LogP contribution in [0.5, 0.6) is 5.75 Å². The molecule has 7 nitrogen and oxygen atoms in total. The third kappa shape index (κ3) is 4.34. The maximum Gasteiger partial charge on any atom is 0.256 e. The number of aromatic nitrogens is 2. The molecule has 1 saturated heterocycles. The number of carbonyl (C=O) groups excluding carboxylic acids is 1. The van der Waals surface area contributed by atoms with E-state index in [-0.39, 0.29) is 30.0 Å². The van der Waals surface area contributed by atoms with Gasteiger partial charge in [-0.15, -0.1) is 0 Å². The van der Waals surface area contributed by atoms with Gasteiger partial charge < -0.3 is 24.5 Å². The van der Waals surface area contributed by atoms with Gasteiger partial charge in [0.25, 0.3) is 11.5 Å². The number of pyridine rings is 1. The highest BCUT2D eigenvalue weighted by atomic mass is 19.1. The van der Waals surface area contributed by atoms with Crippen LogP contribution >= 0.6 is 0 Å². The molecule has 0 bridgehead atoms. The molecular formula is C26H33FN4O3. The minimum atomic E-state index is -0.924. The van der Waals surface area contributed by atoms with Crippen molar-refractivity contribution >= 4 is 16.8 Å². The Morgan fingerprint density at radius 3 is 2.76 bits per heavy atom. The summed E-state index contributed by atoms with van der Waals surface area (Å²) in [6.07, 6.45) is -0.158. The molecule has 0 spiro atoms. The Balaban J connectivity index is 1.67. The van der Waals surface area contributed by atoms with Crippen molar-refractivity contribution in [2.75, 3.05) is 27.2 Å². The molecule has 1 aliphatic rings. The molecule has 34 heavy (non-hydrogen) atoms. The van der Waals surface area contributed by atoms with Crippen LogP contribution in [0.3, 0.4) is 0 Å². The van der Waals surface area contributed by atoms with Crippen LogP contribution in [0, 0.1) is 19.8 Å². The largest absolute Gasteiger partial charge is 0.496 e. The van der Waals surface area contributed by atoms with E-state index in [0.29, 0.717) is 29.1 Å². The van der Waals surface area contributed by atoms with Crippen molar-refractivity contribution in [2.24, 2.45) is 5.92 Å². The van der Waals surface area contributed by atoms with Crippen molar-refractivity contribution in [3.05, 3.63) is 63.2 Å². The van der Waals surface area contributed by atoms with Gasteiger partial charge in [0, 0.05) is 40.8 Å². The molecule has 182 valence electrons. The zero-order valence-electron chi connectivity index (χ0n) is 20.4. The summed E-state index contributed by atoms with van der Waals surface area (Å²) < 4.78 is 22.4. The lowest BCUT2D eigenvalue weighted by Gasteiger charge is -2.37. The first-order chi connectivity index (χ1) is 16.2. The van der Waals surface area contributed by atoms with E-state index in [2.05, 4.69) is 14.9 Å². The molecule has 4 rings (SSSR count). The maximum absolute atomic E-state index is 15.0. The Morgan fingerprint density at radius 2 is 2.06 bits per heavy atom. The van der Waals surface area contributed by atoms with Crippen molar-refractivity contribution < 1.29 is 13.9 Å². The Labute approximate surface area is 198 Å². The number of nitrogens with zero attached hydrogens (tertiary/aromatic N) is 2. The van der Waals surface area contributed by atoms with E-state index in [1.54, 1.807) is 13.0 Å². The number of hydrogen-bond acceptors (Lipinski definition) is 4. The van der Waals surface area contributed by atoms with Gasteiger partial charge in [-0.05, 0) is 52.9 Å². The molecule has 1 fully saturated rings. The number of carbonyl (C=O) groups is 1. The third-order valence-corrected chi connectivity index (χ3v) is 7.08. The highest BCUT2D eigenvalue weighted by molar-refractivity contribution is 6.08. The average Bonchev–Trinajstić information content (AvgIpc) is 3.09. The number of amides is 1. The van der Waals surface area contributed by atoms with Gasteiger partial charge in [-0.2, -0.15) is 0 Å². The molecule has 3 aromatic rings. The second kappa shape index (κ2) is 9.62. The van der Waals surface area contributed by atoms with Gasteiger partial charge in [0.1, 0.15) is 11.9 Å². The maximum atomic E-state index is 15.0. The molecule has 2 N–H and O–H groups in total. The van der Waals surface area contributed by atoms with Crippen LogP contribution < -0.4 is 15.6 Å². The topological polar surface area (TPSA) is 79.4 Å². The highest BCUT2D eigenvalue weighted by Crippen LogP contribution is 2.36. The van der Waals surface area contributed by atoms with Crippen molar-refractivity contribution in [3.63, 3.8) is 0 Å². The Morgan fingerprint density at radius 1 is 1.32 bits per heavy atom. The summed E-state index contributed by atoms with van der Waals surface area (Å²) in [4.78, 5) is 30.6. The Kier molecular flexibility index (Phi) is 6.79. The van der Waals surface area contributed by atoms with Crippen molar-refractivity contribution in [2.45, 2.75) is 46.0 Å². The number of H-pyrrole nitrogens is 1. The molecule has 1 amide bonds. The van der Waals surface area contributed by atoms with Crippen LogP contribution in [-0.4, -0.2) is 53.8 Å². The fourth-order valence-corrected chi connectivity index (χ4v) is 5.31. The number of nitrogens with one attached hydrogen (secondary N) is 2. The van der Waals surface area contributed by atoms with E-state index in [9.17, 15) is 14.0 Å². The summed E-state index contributed by atoms with van der Waals surface area (Å²) in [5, 5.41) is 3.71. The highest BCUT2D eigenvalue weighted by Gasteiger charge is 2.34. The number of fused-ring (bicyclic) bond motifs is 1. The van der Waals surface area contributed by atoms with Crippen molar-refractivity contribution in [1.29, 1.82) is 0 Å². The molecule has 0 aliphatic carbocycles. The SMILES string of the molecule is COc1cc(C)[nH]c(=O)c1CNC(=O)c1c(C)n(C(C)C2CCN(C)CC2F)c2ccccc12. The molecule has 2 aromatic heterocycles. The monoisotopic (exact) mass is 468 g/mol. The lowest BCUT2D eigenvalue weighted by atomic mass is 9.88. The summed E-state index contributed by atoms with van der Waals surface area (Å²) in [7, 11) is 3.44. The van der Waals surface area contributed by atoms with Crippen molar-refractivity contribution in [3.8, 4) is 5.75 Å². The molecule has 3 atom stereocenters. The number of aryl methyl sites for hydroxylation is 1. The number of rotatable bonds is 6. The Hall–Kier alpha value is -3.13. The second-order valence-corrected chi connectivity index (χ2v) is 9.33. The summed E-state index contributed by atoms with van der Waals surface area (Å²) in [5.41, 5.74) is 3.01. The summed E-state index contributed by atoms with van der Waals surface area (Å²) in [6, 6.07) is 9.36. The summed E-state index contributed by atoms with van der Waals surface area (Å²) in [6.45, 7) is 7.04. The van der Waals surface area contributed by atoms with Gasteiger partial charge in [0.2, 0.25) is 0 Å². The van der Waals surface area contributed by atoms with Gasteiger partial charge in [0.15, 0.2) is 0 Å². The van der Waals surface area contributed by atoms with Crippen LogP contribution in [0.2, 0.25) is 0 Å². The van der Waals surface area contributed by atoms with Crippen LogP contribution in [0.1, 0.15) is 46.7 Å². The first-order valence-electron chi connectivity index (χ1n) is 11.7. The lowest BCUT2D eigenvalue weighted by Crippen LogP contribution is -2.42. The fraction of sp³-hybridized carbons (Fsp3) is 0.462. The molecule has 8 heteroatoms. The van der Waals surface area contributed by atoms with Crippen LogP contribution in [0.25, 0.3) is 10.9 Å². The van der Waals surface area contributed by atoms with Gasteiger partial charge in [-0.3, -0.25) is 9.59 Å². The van der Waals surface area contributed by atoms with E-state index in [0.717, 1.165) is 29.6 Å². The summed E-state index contributed by atoms with van der Waals surface area (Å²) in [5.74, 6) is 0.0319. The van der Waals surface area contributed by atoms with Crippen LogP contribution in [-0.2, 0) is 6.54 Å². The molecule has 0 saturated carbocycles. The number of benzene rings is 1. The number of piperidine rings is 1. The third-order valence-electron chi connectivity index (χ3n) is 7.08. The number of ether oxygens (including phenoxy) is 1. The number of aromatic amines is 1. The number of hydrogen-bond donors (Lipinski definition) is 2. The number of halogens is 1. The van der Waals surface area contributed by atoms with E-state index >= 15 is 0 Å². The van der Waals surface area contributed by atoms with Gasteiger partial charge in [0.05, 0.1) is 24.8 Å². The molecule has 1 aliphatic heterocycles. The minimum Gasteiger partial charge on any atom is -0.496 e. The van der Waals surface area contributed by atoms with E-state index in [4.69, 9.17) is 4.74 Å². The minimum absolute atomic E-state index is 0.0354. The zero-order valence-corrected chi connectivity index (χ0v) is 20.4. The predicted octanol–water partition coefficient (Wildman–Crippen LogP) is 3.74. The molecule has 1 aromatic carbocycles. The summed E-state index contributed by atoms with van der Waals surface area (Å²) >= 11 is 0. The van der Waals surface area contributed by atoms with Gasteiger partial charge in [-0.25, -0.2) is 4.39 Å². The van der Waals surface area contributed by atoms with E-state index < -0.39 is 6.17 Å². The second-order valence-electron chi connectivity index (χ2n) is 9.33. The number of alkyl halides is 1. The van der Waals surface area contributed by atoms with Gasteiger partial charge >= 0.3 is 0 Å².